The number of aryl methyl sites for hydroxylation is 1. The Labute approximate surface area is 117 Å². The largest absolute Gasteiger partial charge is 0.240 e. The summed E-state index contributed by atoms with van der Waals surface area (Å²) < 4.78 is 26.7. The van der Waals surface area contributed by atoms with E-state index >= 15 is 0 Å². The smallest absolute Gasteiger partial charge is 0.211 e. The molecule has 1 N–H and O–H groups in total. The molecule has 3 nitrogen and oxygen atoms in total. The lowest BCUT2D eigenvalue weighted by Gasteiger charge is -2.07. The predicted molar refractivity (Wildman–Crippen MR) is 79.8 cm³/mol. The van der Waals surface area contributed by atoms with Crippen LogP contribution in [0.3, 0.4) is 0 Å². The first-order chi connectivity index (χ1) is 9.10. The summed E-state index contributed by atoms with van der Waals surface area (Å²) in [4.78, 5) is 0.364. The second kappa shape index (κ2) is 8.33. The molecular formula is C15H25NO2S. The van der Waals surface area contributed by atoms with Crippen LogP contribution in [-0.2, 0) is 16.4 Å². The maximum absolute atomic E-state index is 12.0. The van der Waals surface area contributed by atoms with Crippen molar-refractivity contribution >= 4 is 10.0 Å². The Morgan fingerprint density at radius 2 is 1.63 bits per heavy atom. The molecule has 0 radical (unpaired) electrons. The minimum absolute atomic E-state index is 0.364. The summed E-state index contributed by atoms with van der Waals surface area (Å²) in [6.07, 6.45) is 6.36. The van der Waals surface area contributed by atoms with Crippen molar-refractivity contribution in [3.05, 3.63) is 29.8 Å². The number of sulfonamides is 1. The van der Waals surface area contributed by atoms with Crippen LogP contribution in [0.4, 0.5) is 0 Å². The Balaban J connectivity index is 2.52. The SMILES string of the molecule is CCCCCCNS(=O)(=O)c1ccc(CCC)cc1. The van der Waals surface area contributed by atoms with Gasteiger partial charge in [0.2, 0.25) is 10.0 Å². The van der Waals surface area contributed by atoms with Gasteiger partial charge in [-0.05, 0) is 30.5 Å². The molecule has 108 valence electrons. The fourth-order valence-electron chi connectivity index (χ4n) is 1.97. The van der Waals surface area contributed by atoms with Crippen molar-refractivity contribution in [2.75, 3.05) is 6.54 Å². The molecule has 0 saturated carbocycles. The number of hydrogen-bond donors (Lipinski definition) is 1. The van der Waals surface area contributed by atoms with E-state index in [0.717, 1.165) is 38.5 Å². The van der Waals surface area contributed by atoms with Crippen LogP contribution in [0.2, 0.25) is 0 Å². The third-order valence-corrected chi connectivity index (χ3v) is 4.57. The van der Waals surface area contributed by atoms with Gasteiger partial charge in [0.15, 0.2) is 0 Å². The quantitative estimate of drug-likeness (QED) is 0.705. The second-order valence-electron chi connectivity index (χ2n) is 4.85. The summed E-state index contributed by atoms with van der Waals surface area (Å²) in [5, 5.41) is 0. The van der Waals surface area contributed by atoms with Crippen molar-refractivity contribution in [3.8, 4) is 0 Å². The number of rotatable bonds is 9. The fourth-order valence-corrected chi connectivity index (χ4v) is 3.04. The third kappa shape index (κ3) is 5.74. The van der Waals surface area contributed by atoms with E-state index < -0.39 is 10.0 Å². The number of benzene rings is 1. The van der Waals surface area contributed by atoms with Crippen LogP contribution in [0.1, 0.15) is 51.5 Å². The summed E-state index contributed by atoms with van der Waals surface area (Å²) in [6.45, 7) is 4.78. The molecule has 0 aromatic heterocycles. The zero-order valence-corrected chi connectivity index (χ0v) is 12.8. The van der Waals surface area contributed by atoms with Gasteiger partial charge in [0.1, 0.15) is 0 Å². The molecule has 0 heterocycles. The van der Waals surface area contributed by atoms with Gasteiger partial charge < -0.3 is 0 Å². The van der Waals surface area contributed by atoms with Crippen molar-refractivity contribution in [3.63, 3.8) is 0 Å². The van der Waals surface area contributed by atoms with E-state index in [4.69, 9.17) is 0 Å². The van der Waals surface area contributed by atoms with E-state index in [-0.39, 0.29) is 0 Å². The molecule has 0 fully saturated rings. The van der Waals surface area contributed by atoms with E-state index in [0.29, 0.717) is 11.4 Å². The molecule has 0 aliphatic heterocycles. The van der Waals surface area contributed by atoms with Gasteiger partial charge in [-0.3, -0.25) is 0 Å². The fraction of sp³-hybridized carbons (Fsp3) is 0.600. The molecule has 1 rings (SSSR count). The van der Waals surface area contributed by atoms with Gasteiger partial charge >= 0.3 is 0 Å². The Hall–Kier alpha value is -0.870. The lowest BCUT2D eigenvalue weighted by molar-refractivity contribution is 0.573. The Morgan fingerprint density at radius 1 is 0.947 bits per heavy atom. The molecule has 0 aliphatic rings. The molecule has 1 aromatic carbocycles. The first-order valence-electron chi connectivity index (χ1n) is 7.18. The predicted octanol–water partition coefficient (Wildman–Crippen LogP) is 3.50. The van der Waals surface area contributed by atoms with Crippen molar-refractivity contribution in [1.29, 1.82) is 0 Å². The summed E-state index contributed by atoms with van der Waals surface area (Å²) in [5.41, 5.74) is 1.18. The lowest BCUT2D eigenvalue weighted by Crippen LogP contribution is -2.24. The number of hydrogen-bond acceptors (Lipinski definition) is 2. The Bertz CT molecular complexity index is 452. The van der Waals surface area contributed by atoms with Gasteiger partial charge in [-0.25, -0.2) is 13.1 Å². The standard InChI is InChI=1S/C15H25NO2S/c1-3-5-6-7-13-16-19(17,18)15-11-9-14(8-4-2)10-12-15/h9-12,16H,3-8,13H2,1-2H3. The number of unbranched alkanes of at least 4 members (excludes halogenated alkanes) is 3. The molecule has 4 heteroatoms. The molecular weight excluding hydrogens is 258 g/mol. The van der Waals surface area contributed by atoms with E-state index in [1.807, 2.05) is 12.1 Å². The average molecular weight is 283 g/mol. The molecule has 0 spiro atoms. The number of nitrogens with one attached hydrogen (secondary N) is 1. The van der Waals surface area contributed by atoms with E-state index in [2.05, 4.69) is 18.6 Å². The first kappa shape index (κ1) is 16.2. The van der Waals surface area contributed by atoms with Gasteiger partial charge in [-0.2, -0.15) is 0 Å². The highest BCUT2D eigenvalue weighted by Crippen LogP contribution is 2.12. The third-order valence-electron chi connectivity index (χ3n) is 3.09. The molecule has 0 aliphatic carbocycles. The zero-order valence-electron chi connectivity index (χ0n) is 12.0. The second-order valence-corrected chi connectivity index (χ2v) is 6.62. The molecule has 0 atom stereocenters. The Kier molecular flexibility index (Phi) is 7.10. The highest BCUT2D eigenvalue weighted by molar-refractivity contribution is 7.89. The molecule has 0 bridgehead atoms. The average Bonchev–Trinajstić information content (AvgIpc) is 2.39. The van der Waals surface area contributed by atoms with Crippen LogP contribution in [0.25, 0.3) is 0 Å². The van der Waals surface area contributed by atoms with Crippen LogP contribution in [0.5, 0.6) is 0 Å². The van der Waals surface area contributed by atoms with Crippen LogP contribution < -0.4 is 4.72 Å². The summed E-state index contributed by atoms with van der Waals surface area (Å²) in [7, 11) is -3.33. The summed E-state index contributed by atoms with van der Waals surface area (Å²) in [5.74, 6) is 0. The van der Waals surface area contributed by atoms with Crippen molar-refractivity contribution in [1.82, 2.24) is 4.72 Å². The maximum atomic E-state index is 12.0. The summed E-state index contributed by atoms with van der Waals surface area (Å²) in [6, 6.07) is 7.18. The van der Waals surface area contributed by atoms with Gasteiger partial charge in [-0.1, -0.05) is 51.7 Å². The molecule has 0 saturated heterocycles. The van der Waals surface area contributed by atoms with E-state index in [9.17, 15) is 8.42 Å². The van der Waals surface area contributed by atoms with Crippen molar-refractivity contribution < 1.29 is 8.42 Å². The van der Waals surface area contributed by atoms with Gasteiger partial charge in [0.05, 0.1) is 4.90 Å². The van der Waals surface area contributed by atoms with Crippen LogP contribution >= 0.6 is 0 Å². The zero-order chi connectivity index (χ0) is 14.1. The summed E-state index contributed by atoms with van der Waals surface area (Å²) >= 11 is 0. The molecule has 19 heavy (non-hydrogen) atoms. The molecule has 0 unspecified atom stereocenters. The van der Waals surface area contributed by atoms with E-state index in [1.54, 1.807) is 12.1 Å². The van der Waals surface area contributed by atoms with Crippen LogP contribution in [0, 0.1) is 0 Å². The van der Waals surface area contributed by atoms with Gasteiger partial charge in [0, 0.05) is 6.54 Å². The minimum Gasteiger partial charge on any atom is -0.211 e. The van der Waals surface area contributed by atoms with Crippen LogP contribution in [-0.4, -0.2) is 15.0 Å². The van der Waals surface area contributed by atoms with Crippen LogP contribution in [0.15, 0.2) is 29.2 Å². The monoisotopic (exact) mass is 283 g/mol. The maximum Gasteiger partial charge on any atom is 0.240 e. The molecule has 1 aromatic rings. The topological polar surface area (TPSA) is 46.2 Å². The molecule has 0 amide bonds. The minimum atomic E-state index is -3.33. The van der Waals surface area contributed by atoms with Crippen molar-refractivity contribution in [2.45, 2.75) is 57.3 Å². The van der Waals surface area contributed by atoms with E-state index in [1.165, 1.54) is 5.56 Å². The Morgan fingerprint density at radius 3 is 2.21 bits per heavy atom. The normalized spacial score (nSPS) is 11.7. The highest BCUT2D eigenvalue weighted by atomic mass is 32.2. The highest BCUT2D eigenvalue weighted by Gasteiger charge is 2.12. The van der Waals surface area contributed by atoms with Gasteiger partial charge in [-0.15, -0.1) is 0 Å². The van der Waals surface area contributed by atoms with Gasteiger partial charge in [0.25, 0.3) is 0 Å². The first-order valence-corrected chi connectivity index (χ1v) is 8.67. The lowest BCUT2D eigenvalue weighted by atomic mass is 10.1. The van der Waals surface area contributed by atoms with Crippen molar-refractivity contribution in [2.24, 2.45) is 0 Å².